The van der Waals surface area contributed by atoms with E-state index < -0.39 is 0 Å². The first-order chi connectivity index (χ1) is 10.2. The Labute approximate surface area is 123 Å². The Balaban J connectivity index is 1.95. The average molecular weight is 286 g/mol. The summed E-state index contributed by atoms with van der Waals surface area (Å²) in [4.78, 5) is 17.2. The lowest BCUT2D eigenvalue weighted by molar-refractivity contribution is -0.117. The van der Waals surface area contributed by atoms with Crippen molar-refractivity contribution in [2.75, 3.05) is 20.2 Å². The smallest absolute Gasteiger partial charge is 0.213 e. The van der Waals surface area contributed by atoms with E-state index >= 15 is 0 Å². The van der Waals surface area contributed by atoms with Crippen LogP contribution in [0.15, 0.2) is 24.5 Å². The maximum Gasteiger partial charge on any atom is 0.213 e. The first-order valence-corrected chi connectivity index (χ1v) is 6.94. The van der Waals surface area contributed by atoms with E-state index in [1.165, 1.54) is 0 Å². The van der Waals surface area contributed by atoms with Crippen molar-refractivity contribution in [1.82, 2.24) is 19.7 Å². The SMILES string of the molecule is COc1cc(-c2cnn(C)c2)cc(C2CCN(C=O)C2)n1. The highest BCUT2D eigenvalue weighted by molar-refractivity contribution is 5.63. The number of likely N-dealkylation sites (tertiary alicyclic amines) is 1. The molecule has 0 N–H and O–H groups in total. The molecule has 0 radical (unpaired) electrons. The predicted octanol–water partition coefficient (Wildman–Crippen LogP) is 1.44. The van der Waals surface area contributed by atoms with Gasteiger partial charge in [0.25, 0.3) is 0 Å². The number of carbonyl (C=O) groups excluding carboxylic acids is 1. The molecule has 110 valence electrons. The summed E-state index contributed by atoms with van der Waals surface area (Å²) in [5.74, 6) is 0.858. The summed E-state index contributed by atoms with van der Waals surface area (Å²) in [5, 5.41) is 4.20. The molecule has 0 spiro atoms. The van der Waals surface area contributed by atoms with Gasteiger partial charge in [-0.3, -0.25) is 9.48 Å². The summed E-state index contributed by atoms with van der Waals surface area (Å²) < 4.78 is 7.08. The molecule has 1 saturated heterocycles. The van der Waals surface area contributed by atoms with Crippen LogP contribution in [0, 0.1) is 0 Å². The topological polar surface area (TPSA) is 60.2 Å². The molecule has 1 amide bonds. The summed E-state index contributed by atoms with van der Waals surface area (Å²) >= 11 is 0. The molecule has 1 aliphatic rings. The quantitative estimate of drug-likeness (QED) is 0.798. The molecule has 0 aromatic carbocycles. The van der Waals surface area contributed by atoms with Crippen LogP contribution < -0.4 is 4.74 Å². The van der Waals surface area contributed by atoms with Gasteiger partial charge in [-0.25, -0.2) is 4.98 Å². The highest BCUT2D eigenvalue weighted by Crippen LogP contribution is 2.30. The van der Waals surface area contributed by atoms with Gasteiger partial charge >= 0.3 is 0 Å². The second-order valence-electron chi connectivity index (χ2n) is 5.31. The first-order valence-electron chi connectivity index (χ1n) is 6.94. The minimum absolute atomic E-state index is 0.265. The minimum Gasteiger partial charge on any atom is -0.481 e. The third kappa shape index (κ3) is 2.74. The molecule has 0 bridgehead atoms. The summed E-state index contributed by atoms with van der Waals surface area (Å²) in [6.45, 7) is 1.51. The standard InChI is InChI=1S/C15H18N4O2/c1-18-8-13(7-16-18)12-5-14(17-15(6-12)21-2)11-3-4-19(9-11)10-20/h5-8,10-11H,3-4,9H2,1-2H3. The molecule has 2 aromatic rings. The summed E-state index contributed by atoms with van der Waals surface area (Å²) in [6, 6.07) is 3.98. The normalized spacial score (nSPS) is 18.0. The van der Waals surface area contributed by atoms with Gasteiger partial charge in [0.2, 0.25) is 12.3 Å². The van der Waals surface area contributed by atoms with Gasteiger partial charge in [-0.05, 0) is 18.1 Å². The van der Waals surface area contributed by atoms with Gasteiger partial charge in [0, 0.05) is 49.6 Å². The van der Waals surface area contributed by atoms with Crippen LogP contribution in [0.5, 0.6) is 5.88 Å². The van der Waals surface area contributed by atoms with Gasteiger partial charge in [0.1, 0.15) is 0 Å². The van der Waals surface area contributed by atoms with Crippen molar-refractivity contribution in [1.29, 1.82) is 0 Å². The van der Waals surface area contributed by atoms with E-state index in [-0.39, 0.29) is 5.92 Å². The van der Waals surface area contributed by atoms with Gasteiger partial charge in [-0.1, -0.05) is 0 Å². The summed E-state index contributed by atoms with van der Waals surface area (Å²) in [7, 11) is 3.51. The molecule has 3 heterocycles. The molecule has 6 nitrogen and oxygen atoms in total. The second kappa shape index (κ2) is 5.55. The van der Waals surface area contributed by atoms with Gasteiger partial charge in [0.15, 0.2) is 0 Å². The van der Waals surface area contributed by atoms with Gasteiger partial charge in [-0.2, -0.15) is 5.10 Å². The zero-order valence-electron chi connectivity index (χ0n) is 12.2. The van der Waals surface area contributed by atoms with E-state index in [0.717, 1.165) is 42.7 Å². The lowest BCUT2D eigenvalue weighted by atomic mass is 10.0. The number of aromatic nitrogens is 3. The maximum atomic E-state index is 10.9. The predicted molar refractivity (Wildman–Crippen MR) is 78.0 cm³/mol. The van der Waals surface area contributed by atoms with Crippen LogP contribution in [-0.4, -0.2) is 46.3 Å². The molecular formula is C15H18N4O2. The van der Waals surface area contributed by atoms with Crippen LogP contribution in [0.3, 0.4) is 0 Å². The van der Waals surface area contributed by atoms with Crippen molar-refractivity contribution in [3.8, 4) is 17.0 Å². The van der Waals surface area contributed by atoms with Crippen molar-refractivity contribution in [3.63, 3.8) is 0 Å². The number of hydrogen-bond acceptors (Lipinski definition) is 4. The van der Waals surface area contributed by atoms with Crippen molar-refractivity contribution in [2.45, 2.75) is 12.3 Å². The summed E-state index contributed by atoms with van der Waals surface area (Å²) in [5.41, 5.74) is 3.04. The number of pyridine rings is 1. The Morgan fingerprint density at radius 3 is 2.86 bits per heavy atom. The van der Waals surface area contributed by atoms with Crippen molar-refractivity contribution >= 4 is 6.41 Å². The molecule has 6 heteroatoms. The number of rotatable bonds is 4. The van der Waals surface area contributed by atoms with E-state index in [9.17, 15) is 4.79 Å². The molecule has 1 aliphatic heterocycles. The molecule has 1 atom stereocenters. The molecule has 21 heavy (non-hydrogen) atoms. The van der Waals surface area contributed by atoms with Gasteiger partial charge in [-0.15, -0.1) is 0 Å². The molecule has 3 rings (SSSR count). The Morgan fingerprint density at radius 2 is 2.24 bits per heavy atom. The van der Waals surface area contributed by atoms with Gasteiger partial charge < -0.3 is 9.64 Å². The third-order valence-electron chi connectivity index (χ3n) is 3.86. The molecule has 1 unspecified atom stereocenters. The van der Waals surface area contributed by atoms with Crippen molar-refractivity contribution < 1.29 is 9.53 Å². The van der Waals surface area contributed by atoms with E-state index in [0.29, 0.717) is 5.88 Å². The minimum atomic E-state index is 0.265. The van der Waals surface area contributed by atoms with E-state index in [1.54, 1.807) is 16.7 Å². The molecular weight excluding hydrogens is 268 g/mol. The molecule has 0 saturated carbocycles. The van der Waals surface area contributed by atoms with Crippen LogP contribution in [0.25, 0.3) is 11.1 Å². The number of amides is 1. The number of nitrogens with zero attached hydrogens (tertiary/aromatic N) is 4. The lowest BCUT2D eigenvalue weighted by Gasteiger charge is -2.13. The number of ether oxygens (including phenoxy) is 1. The van der Waals surface area contributed by atoms with E-state index in [2.05, 4.69) is 16.1 Å². The van der Waals surface area contributed by atoms with Crippen molar-refractivity contribution in [2.24, 2.45) is 7.05 Å². The number of aryl methyl sites for hydroxylation is 1. The maximum absolute atomic E-state index is 10.9. The highest BCUT2D eigenvalue weighted by atomic mass is 16.5. The Kier molecular flexibility index (Phi) is 3.60. The zero-order chi connectivity index (χ0) is 14.8. The molecule has 2 aromatic heterocycles. The van der Waals surface area contributed by atoms with Crippen molar-refractivity contribution in [3.05, 3.63) is 30.2 Å². The van der Waals surface area contributed by atoms with Gasteiger partial charge in [0.05, 0.1) is 13.3 Å². The lowest BCUT2D eigenvalue weighted by Crippen LogP contribution is -2.17. The third-order valence-corrected chi connectivity index (χ3v) is 3.86. The zero-order valence-corrected chi connectivity index (χ0v) is 12.2. The Hall–Kier alpha value is -2.37. The van der Waals surface area contributed by atoms with Crippen LogP contribution in [0.2, 0.25) is 0 Å². The fourth-order valence-electron chi connectivity index (χ4n) is 2.70. The average Bonchev–Trinajstić information content (AvgIpc) is 3.15. The Bertz CT molecular complexity index is 653. The van der Waals surface area contributed by atoms with E-state index in [4.69, 9.17) is 4.74 Å². The first kappa shape index (κ1) is 13.6. The van der Waals surface area contributed by atoms with Crippen LogP contribution >= 0.6 is 0 Å². The largest absolute Gasteiger partial charge is 0.481 e. The van der Waals surface area contributed by atoms with Crippen LogP contribution in [-0.2, 0) is 11.8 Å². The fraction of sp³-hybridized carbons (Fsp3) is 0.400. The monoisotopic (exact) mass is 286 g/mol. The Morgan fingerprint density at radius 1 is 1.38 bits per heavy atom. The highest BCUT2D eigenvalue weighted by Gasteiger charge is 2.24. The number of methoxy groups -OCH3 is 1. The number of hydrogen-bond donors (Lipinski definition) is 0. The van der Waals surface area contributed by atoms with Crippen LogP contribution in [0.4, 0.5) is 0 Å². The molecule has 1 fully saturated rings. The van der Waals surface area contributed by atoms with E-state index in [1.807, 2.05) is 25.5 Å². The number of carbonyl (C=O) groups is 1. The molecule has 0 aliphatic carbocycles. The van der Waals surface area contributed by atoms with Crippen LogP contribution in [0.1, 0.15) is 18.0 Å². The second-order valence-corrected chi connectivity index (χ2v) is 5.31. The summed E-state index contributed by atoms with van der Waals surface area (Å²) in [6.07, 6.45) is 5.63. The fourth-order valence-corrected chi connectivity index (χ4v) is 2.70.